The van der Waals surface area contributed by atoms with Crippen molar-refractivity contribution in [3.63, 3.8) is 0 Å². The Morgan fingerprint density at radius 3 is 2.92 bits per heavy atom. The van der Waals surface area contributed by atoms with Gasteiger partial charge in [-0.05, 0) is 48.6 Å². The molecule has 4 rings (SSSR count). The van der Waals surface area contributed by atoms with Crippen LogP contribution in [0.2, 0.25) is 0 Å². The summed E-state index contributed by atoms with van der Waals surface area (Å²) in [6.45, 7) is 0.464. The Kier molecular flexibility index (Phi) is 4.71. The maximum Gasteiger partial charge on any atom is 0.246 e. The predicted molar refractivity (Wildman–Crippen MR) is 98.3 cm³/mol. The Morgan fingerprint density at radius 2 is 2.08 bits per heavy atom. The second-order valence-corrected chi connectivity index (χ2v) is 6.76. The molecule has 1 aromatic heterocycles. The second-order valence-electron chi connectivity index (χ2n) is 6.76. The van der Waals surface area contributed by atoms with Crippen molar-refractivity contribution >= 4 is 16.8 Å². The van der Waals surface area contributed by atoms with Gasteiger partial charge < -0.3 is 15.0 Å². The summed E-state index contributed by atoms with van der Waals surface area (Å²) in [7, 11) is 0. The maximum atomic E-state index is 13.6. The molecule has 0 radical (unpaired) electrons. The summed E-state index contributed by atoms with van der Waals surface area (Å²) in [5.41, 5.74) is 4.26. The van der Waals surface area contributed by atoms with Gasteiger partial charge >= 0.3 is 0 Å². The molecule has 1 aliphatic rings. The number of aromatic nitrogens is 1. The molecule has 0 fully saturated rings. The summed E-state index contributed by atoms with van der Waals surface area (Å²) in [5.74, 6) is -0.347. The van der Waals surface area contributed by atoms with Crippen LogP contribution in [0.4, 0.5) is 4.39 Å². The van der Waals surface area contributed by atoms with Crippen molar-refractivity contribution in [3.8, 4) is 0 Å². The molecule has 1 heterocycles. The number of nitrogens with one attached hydrogen (secondary N) is 2. The standard InChI is InChI=1S/C21H21FN2O2/c22-15-6-8-19-17(10-15)18-11-16(7-9-20(18)24-19)23-21(25)13-26-12-14-4-2-1-3-5-14/h1-6,8,10,16,24H,7,9,11-13H2,(H,23,25). The molecule has 0 aliphatic heterocycles. The number of ether oxygens (including phenoxy) is 1. The van der Waals surface area contributed by atoms with E-state index in [0.717, 1.165) is 40.6 Å². The summed E-state index contributed by atoms with van der Waals surface area (Å²) < 4.78 is 19.1. The number of carbonyl (C=O) groups excluding carboxylic acids is 1. The van der Waals surface area contributed by atoms with Gasteiger partial charge in [-0.2, -0.15) is 0 Å². The van der Waals surface area contributed by atoms with Crippen LogP contribution in [0.1, 0.15) is 23.2 Å². The third-order valence-electron chi connectivity index (χ3n) is 4.86. The first-order valence-electron chi connectivity index (χ1n) is 8.89. The van der Waals surface area contributed by atoms with E-state index >= 15 is 0 Å². The van der Waals surface area contributed by atoms with E-state index in [4.69, 9.17) is 4.74 Å². The van der Waals surface area contributed by atoms with Crippen LogP contribution in [0, 0.1) is 5.82 Å². The first-order chi connectivity index (χ1) is 12.7. The maximum absolute atomic E-state index is 13.6. The molecule has 5 heteroatoms. The van der Waals surface area contributed by atoms with Gasteiger partial charge in [0.25, 0.3) is 0 Å². The lowest BCUT2D eigenvalue weighted by Crippen LogP contribution is -2.40. The number of H-pyrrole nitrogens is 1. The van der Waals surface area contributed by atoms with Gasteiger partial charge in [0.05, 0.1) is 6.61 Å². The smallest absolute Gasteiger partial charge is 0.246 e. The highest BCUT2D eigenvalue weighted by Crippen LogP contribution is 2.29. The van der Waals surface area contributed by atoms with Crippen LogP contribution >= 0.6 is 0 Å². The van der Waals surface area contributed by atoms with E-state index < -0.39 is 0 Å². The summed E-state index contributed by atoms with van der Waals surface area (Å²) in [4.78, 5) is 15.5. The SMILES string of the molecule is O=C(COCc1ccccc1)NC1CCc2[nH]c3ccc(F)cc3c2C1. The van der Waals surface area contributed by atoms with E-state index in [1.54, 1.807) is 12.1 Å². The quantitative estimate of drug-likeness (QED) is 0.738. The van der Waals surface area contributed by atoms with Crippen molar-refractivity contribution in [3.05, 3.63) is 71.2 Å². The van der Waals surface area contributed by atoms with E-state index in [2.05, 4.69) is 10.3 Å². The molecule has 0 saturated carbocycles. The number of aryl methyl sites for hydroxylation is 1. The zero-order chi connectivity index (χ0) is 17.9. The molecule has 2 aromatic carbocycles. The first-order valence-corrected chi connectivity index (χ1v) is 8.89. The van der Waals surface area contributed by atoms with Crippen LogP contribution in [0.25, 0.3) is 10.9 Å². The van der Waals surface area contributed by atoms with Crippen LogP contribution in [-0.4, -0.2) is 23.5 Å². The fraction of sp³-hybridized carbons (Fsp3) is 0.286. The topological polar surface area (TPSA) is 54.1 Å². The van der Waals surface area contributed by atoms with Gasteiger partial charge in [0.2, 0.25) is 5.91 Å². The zero-order valence-corrected chi connectivity index (χ0v) is 14.4. The molecular weight excluding hydrogens is 331 g/mol. The van der Waals surface area contributed by atoms with Crippen molar-refractivity contribution in [1.82, 2.24) is 10.3 Å². The molecule has 26 heavy (non-hydrogen) atoms. The summed E-state index contributed by atoms with van der Waals surface area (Å²) in [5, 5.41) is 3.96. The third-order valence-corrected chi connectivity index (χ3v) is 4.86. The number of halogens is 1. The molecule has 1 unspecified atom stereocenters. The lowest BCUT2D eigenvalue weighted by molar-refractivity contribution is -0.126. The molecular formula is C21H21FN2O2. The zero-order valence-electron chi connectivity index (χ0n) is 14.4. The minimum atomic E-state index is -0.236. The van der Waals surface area contributed by atoms with E-state index in [1.165, 1.54) is 6.07 Å². The van der Waals surface area contributed by atoms with Gasteiger partial charge in [-0.15, -0.1) is 0 Å². The Balaban J connectivity index is 1.34. The molecule has 134 valence electrons. The molecule has 1 atom stereocenters. The number of fused-ring (bicyclic) bond motifs is 3. The number of carbonyl (C=O) groups is 1. The number of rotatable bonds is 5. The average Bonchev–Trinajstić information content (AvgIpc) is 3.00. The van der Waals surface area contributed by atoms with E-state index in [0.29, 0.717) is 13.0 Å². The van der Waals surface area contributed by atoms with Crippen LogP contribution in [-0.2, 0) is 29.0 Å². The largest absolute Gasteiger partial charge is 0.367 e. The Hall–Kier alpha value is -2.66. The number of hydrogen-bond acceptors (Lipinski definition) is 2. The predicted octanol–water partition coefficient (Wildman–Crippen LogP) is 3.50. The molecule has 0 saturated heterocycles. The van der Waals surface area contributed by atoms with Crippen molar-refractivity contribution in [2.75, 3.05) is 6.61 Å². The van der Waals surface area contributed by atoms with Crippen molar-refractivity contribution in [2.24, 2.45) is 0 Å². The summed E-state index contributed by atoms with van der Waals surface area (Å²) >= 11 is 0. The van der Waals surface area contributed by atoms with Gasteiger partial charge in [0.15, 0.2) is 0 Å². The molecule has 0 spiro atoms. The van der Waals surface area contributed by atoms with Gasteiger partial charge in [0, 0.05) is 22.6 Å². The van der Waals surface area contributed by atoms with E-state index in [-0.39, 0.29) is 24.4 Å². The highest BCUT2D eigenvalue weighted by molar-refractivity contribution is 5.85. The molecule has 1 amide bonds. The normalized spacial score (nSPS) is 16.4. The van der Waals surface area contributed by atoms with Gasteiger partial charge in [-0.1, -0.05) is 30.3 Å². The average molecular weight is 352 g/mol. The van der Waals surface area contributed by atoms with Crippen LogP contribution in [0.5, 0.6) is 0 Å². The van der Waals surface area contributed by atoms with Gasteiger partial charge in [0.1, 0.15) is 12.4 Å². The van der Waals surface area contributed by atoms with Crippen LogP contribution in [0.3, 0.4) is 0 Å². The van der Waals surface area contributed by atoms with Gasteiger partial charge in [-0.3, -0.25) is 4.79 Å². The van der Waals surface area contributed by atoms with E-state index in [9.17, 15) is 9.18 Å². The van der Waals surface area contributed by atoms with Crippen molar-refractivity contribution in [2.45, 2.75) is 31.9 Å². The molecule has 0 bridgehead atoms. The minimum Gasteiger partial charge on any atom is -0.367 e. The number of hydrogen-bond donors (Lipinski definition) is 2. The molecule has 2 N–H and O–H groups in total. The Bertz CT molecular complexity index is 920. The lowest BCUT2D eigenvalue weighted by atomic mass is 9.91. The number of aromatic amines is 1. The van der Waals surface area contributed by atoms with Crippen LogP contribution < -0.4 is 5.32 Å². The first kappa shape index (κ1) is 16.8. The van der Waals surface area contributed by atoms with E-state index in [1.807, 2.05) is 30.3 Å². The Morgan fingerprint density at radius 1 is 1.23 bits per heavy atom. The van der Waals surface area contributed by atoms with Gasteiger partial charge in [-0.25, -0.2) is 4.39 Å². The highest BCUT2D eigenvalue weighted by Gasteiger charge is 2.23. The highest BCUT2D eigenvalue weighted by atomic mass is 19.1. The number of benzene rings is 2. The molecule has 1 aliphatic carbocycles. The van der Waals surface area contributed by atoms with Crippen molar-refractivity contribution < 1.29 is 13.9 Å². The second kappa shape index (κ2) is 7.30. The minimum absolute atomic E-state index is 0.0424. The lowest BCUT2D eigenvalue weighted by Gasteiger charge is -2.23. The summed E-state index contributed by atoms with van der Waals surface area (Å²) in [6, 6.07) is 14.6. The Labute approximate surface area is 151 Å². The third kappa shape index (κ3) is 3.63. The van der Waals surface area contributed by atoms with Crippen molar-refractivity contribution in [1.29, 1.82) is 0 Å². The van der Waals surface area contributed by atoms with Crippen LogP contribution in [0.15, 0.2) is 48.5 Å². The monoisotopic (exact) mass is 352 g/mol. The fourth-order valence-electron chi connectivity index (χ4n) is 3.62. The summed E-state index contributed by atoms with van der Waals surface area (Å²) in [6.07, 6.45) is 2.43. The molecule has 3 aromatic rings. The fourth-order valence-corrected chi connectivity index (χ4v) is 3.62. The molecule has 4 nitrogen and oxygen atoms in total. The number of amides is 1.